The lowest BCUT2D eigenvalue weighted by Crippen LogP contribution is -2.06. The molecule has 0 spiro atoms. The number of rotatable bonds is 6. The van der Waals surface area contributed by atoms with Crippen LogP contribution in [0.5, 0.6) is 5.75 Å². The maximum Gasteiger partial charge on any atom is 0.374 e. The fraction of sp³-hybridized carbons (Fsp3) is 0.300. The van der Waals surface area contributed by atoms with E-state index in [9.17, 15) is 9.59 Å². The van der Waals surface area contributed by atoms with Crippen LogP contribution in [-0.4, -0.2) is 19.7 Å². The van der Waals surface area contributed by atoms with Crippen molar-refractivity contribution < 1.29 is 23.1 Å². The lowest BCUT2D eigenvalue weighted by Gasteiger charge is -2.09. The molecule has 0 amide bonds. The second kappa shape index (κ2) is 7.47. The number of fused-ring (bicyclic) bond motifs is 1. The van der Waals surface area contributed by atoms with Gasteiger partial charge in [-0.1, -0.05) is 13.3 Å². The van der Waals surface area contributed by atoms with Crippen LogP contribution in [0.2, 0.25) is 0 Å². The molecule has 2 heterocycles. The Morgan fingerprint density at radius 1 is 1.19 bits per heavy atom. The lowest BCUT2D eigenvalue weighted by atomic mass is 10.0. The van der Waals surface area contributed by atoms with Gasteiger partial charge in [0, 0.05) is 6.07 Å². The molecule has 3 aromatic rings. The SMILES string of the molecule is CCCc1cc2c(=O)c(-c3ccc(C(=O)OCC)o3)coc2cc1OC. The third-order valence-corrected chi connectivity index (χ3v) is 4.04. The average molecular weight is 356 g/mol. The van der Waals surface area contributed by atoms with Gasteiger partial charge in [-0.15, -0.1) is 0 Å². The van der Waals surface area contributed by atoms with Crippen LogP contribution in [0.1, 0.15) is 36.4 Å². The first kappa shape index (κ1) is 17.8. The van der Waals surface area contributed by atoms with E-state index < -0.39 is 5.97 Å². The Morgan fingerprint density at radius 3 is 2.69 bits per heavy atom. The molecule has 0 radical (unpaired) electrons. The molecule has 0 aliphatic carbocycles. The third kappa shape index (κ3) is 3.22. The first-order chi connectivity index (χ1) is 12.6. The molecular weight excluding hydrogens is 336 g/mol. The minimum Gasteiger partial charge on any atom is -0.496 e. The number of esters is 1. The maximum atomic E-state index is 12.9. The van der Waals surface area contributed by atoms with E-state index in [1.165, 1.54) is 12.3 Å². The van der Waals surface area contributed by atoms with Crippen LogP contribution in [0.15, 0.2) is 44.2 Å². The quantitative estimate of drug-likeness (QED) is 0.616. The molecule has 0 saturated heterocycles. The number of benzene rings is 1. The van der Waals surface area contributed by atoms with E-state index in [-0.39, 0.29) is 29.1 Å². The zero-order chi connectivity index (χ0) is 18.7. The summed E-state index contributed by atoms with van der Waals surface area (Å²) in [7, 11) is 1.59. The predicted molar refractivity (Wildman–Crippen MR) is 96.7 cm³/mol. The van der Waals surface area contributed by atoms with Crippen LogP contribution in [0, 0.1) is 0 Å². The minimum absolute atomic E-state index is 0.0442. The molecule has 6 heteroatoms. The number of carbonyl (C=O) groups excluding carboxylic acids is 1. The molecule has 0 N–H and O–H groups in total. The molecule has 3 rings (SSSR count). The molecule has 0 unspecified atom stereocenters. The first-order valence-electron chi connectivity index (χ1n) is 8.48. The Morgan fingerprint density at radius 2 is 2.00 bits per heavy atom. The van der Waals surface area contributed by atoms with E-state index in [2.05, 4.69) is 6.92 Å². The zero-order valence-corrected chi connectivity index (χ0v) is 15.0. The summed E-state index contributed by atoms with van der Waals surface area (Å²) < 4.78 is 21.4. The van der Waals surface area contributed by atoms with Crippen molar-refractivity contribution in [1.82, 2.24) is 0 Å². The van der Waals surface area contributed by atoms with Crippen molar-refractivity contribution >= 4 is 16.9 Å². The topological polar surface area (TPSA) is 78.9 Å². The molecule has 0 aliphatic heterocycles. The molecule has 0 saturated carbocycles. The Bertz CT molecular complexity index is 995. The van der Waals surface area contributed by atoms with Crippen LogP contribution in [0.4, 0.5) is 0 Å². The molecule has 26 heavy (non-hydrogen) atoms. The summed E-state index contributed by atoms with van der Waals surface area (Å²) in [6.07, 6.45) is 3.04. The maximum absolute atomic E-state index is 12.9. The van der Waals surface area contributed by atoms with Crippen molar-refractivity contribution in [3.8, 4) is 17.1 Å². The second-order valence-electron chi connectivity index (χ2n) is 5.77. The normalized spacial score (nSPS) is 10.9. The Balaban J connectivity index is 2.09. The summed E-state index contributed by atoms with van der Waals surface area (Å²) in [5.41, 5.74) is 1.41. The van der Waals surface area contributed by atoms with Crippen molar-refractivity contribution in [3.05, 3.63) is 52.1 Å². The number of ether oxygens (including phenoxy) is 2. The molecule has 6 nitrogen and oxygen atoms in total. The Kier molecular flexibility index (Phi) is 5.11. The molecule has 0 fully saturated rings. The fourth-order valence-corrected chi connectivity index (χ4v) is 2.82. The van der Waals surface area contributed by atoms with Gasteiger partial charge in [-0.2, -0.15) is 0 Å². The number of methoxy groups -OCH3 is 1. The van der Waals surface area contributed by atoms with Crippen molar-refractivity contribution in [2.24, 2.45) is 0 Å². The third-order valence-electron chi connectivity index (χ3n) is 4.04. The Labute approximate surface area is 150 Å². The van der Waals surface area contributed by atoms with Gasteiger partial charge in [-0.3, -0.25) is 4.79 Å². The summed E-state index contributed by atoms with van der Waals surface area (Å²) in [4.78, 5) is 24.7. The highest BCUT2D eigenvalue weighted by molar-refractivity contribution is 5.88. The van der Waals surface area contributed by atoms with Gasteiger partial charge in [-0.25, -0.2) is 4.79 Å². The molecular formula is C20H20O6. The number of hydrogen-bond acceptors (Lipinski definition) is 6. The van der Waals surface area contributed by atoms with Crippen LogP contribution in [0.25, 0.3) is 22.3 Å². The fourth-order valence-electron chi connectivity index (χ4n) is 2.82. The molecule has 0 aliphatic rings. The van der Waals surface area contributed by atoms with E-state index in [1.54, 1.807) is 32.2 Å². The van der Waals surface area contributed by atoms with Gasteiger partial charge in [0.1, 0.15) is 28.9 Å². The van der Waals surface area contributed by atoms with Crippen LogP contribution in [-0.2, 0) is 11.2 Å². The van der Waals surface area contributed by atoms with Gasteiger partial charge in [0.2, 0.25) is 11.2 Å². The summed E-state index contributed by atoms with van der Waals surface area (Å²) in [5, 5.41) is 0.445. The van der Waals surface area contributed by atoms with Crippen LogP contribution >= 0.6 is 0 Å². The summed E-state index contributed by atoms with van der Waals surface area (Å²) in [5.74, 6) is 0.427. The van der Waals surface area contributed by atoms with Crippen molar-refractivity contribution in [2.75, 3.05) is 13.7 Å². The van der Waals surface area contributed by atoms with Crippen molar-refractivity contribution in [1.29, 1.82) is 0 Å². The highest BCUT2D eigenvalue weighted by Crippen LogP contribution is 2.28. The van der Waals surface area contributed by atoms with Gasteiger partial charge in [0.15, 0.2) is 0 Å². The highest BCUT2D eigenvalue weighted by atomic mass is 16.5. The largest absolute Gasteiger partial charge is 0.496 e. The minimum atomic E-state index is -0.570. The molecule has 136 valence electrons. The predicted octanol–water partition coefficient (Wildman–Crippen LogP) is 4.19. The summed E-state index contributed by atoms with van der Waals surface area (Å²) >= 11 is 0. The highest BCUT2D eigenvalue weighted by Gasteiger charge is 2.18. The molecule has 0 bridgehead atoms. The monoisotopic (exact) mass is 356 g/mol. The smallest absolute Gasteiger partial charge is 0.374 e. The van der Waals surface area contributed by atoms with E-state index in [4.69, 9.17) is 18.3 Å². The van der Waals surface area contributed by atoms with E-state index in [0.29, 0.717) is 16.7 Å². The van der Waals surface area contributed by atoms with Crippen LogP contribution < -0.4 is 10.2 Å². The van der Waals surface area contributed by atoms with Crippen molar-refractivity contribution in [3.63, 3.8) is 0 Å². The number of aryl methyl sites for hydroxylation is 1. The number of carbonyl (C=O) groups is 1. The van der Waals surface area contributed by atoms with Crippen LogP contribution in [0.3, 0.4) is 0 Å². The van der Waals surface area contributed by atoms with Gasteiger partial charge in [-0.05, 0) is 37.1 Å². The first-order valence-corrected chi connectivity index (χ1v) is 8.48. The zero-order valence-electron chi connectivity index (χ0n) is 15.0. The van der Waals surface area contributed by atoms with Gasteiger partial charge < -0.3 is 18.3 Å². The molecule has 1 aromatic carbocycles. The van der Waals surface area contributed by atoms with E-state index in [0.717, 1.165) is 18.4 Å². The van der Waals surface area contributed by atoms with Crippen molar-refractivity contribution in [2.45, 2.75) is 26.7 Å². The van der Waals surface area contributed by atoms with E-state index in [1.807, 2.05) is 0 Å². The lowest BCUT2D eigenvalue weighted by molar-refractivity contribution is 0.0491. The second-order valence-corrected chi connectivity index (χ2v) is 5.77. The van der Waals surface area contributed by atoms with Gasteiger partial charge in [0.05, 0.1) is 19.1 Å². The van der Waals surface area contributed by atoms with E-state index >= 15 is 0 Å². The van der Waals surface area contributed by atoms with Gasteiger partial charge in [0.25, 0.3) is 0 Å². The van der Waals surface area contributed by atoms with Gasteiger partial charge >= 0.3 is 5.97 Å². The number of furan rings is 1. The molecule has 0 atom stereocenters. The Hall–Kier alpha value is -3.02. The summed E-state index contributed by atoms with van der Waals surface area (Å²) in [6.45, 7) is 4.01. The average Bonchev–Trinajstić information content (AvgIpc) is 3.12. The molecule has 2 aromatic heterocycles. The number of hydrogen-bond donors (Lipinski definition) is 0. The summed E-state index contributed by atoms with van der Waals surface area (Å²) in [6, 6.07) is 6.55. The standard InChI is InChI=1S/C20H20O6/c1-4-6-12-9-13-18(10-17(12)23-3)25-11-14(19(13)21)15-7-8-16(26-15)20(22)24-5-2/h7-11H,4-6H2,1-3H3.